The lowest BCUT2D eigenvalue weighted by atomic mass is 10.3. The van der Waals surface area contributed by atoms with Crippen molar-refractivity contribution in [2.45, 2.75) is 0 Å². The van der Waals surface area contributed by atoms with Crippen molar-refractivity contribution in [1.29, 1.82) is 0 Å². The molecule has 8 heteroatoms. The van der Waals surface area contributed by atoms with Gasteiger partial charge in [-0.15, -0.1) is 0 Å². The number of hydrogen-bond acceptors (Lipinski definition) is 3. The van der Waals surface area contributed by atoms with Crippen molar-refractivity contribution in [2.75, 3.05) is 11.9 Å². The number of nitrogens with one attached hydrogen (secondary N) is 2. The molecule has 0 aliphatic heterocycles. The van der Waals surface area contributed by atoms with E-state index >= 15 is 0 Å². The van der Waals surface area contributed by atoms with Crippen molar-refractivity contribution in [1.82, 2.24) is 5.48 Å². The highest BCUT2D eigenvalue weighted by Gasteiger charge is 2.06. The molecule has 0 atom stereocenters. The molecule has 0 aliphatic rings. The van der Waals surface area contributed by atoms with Gasteiger partial charge in [-0.25, -0.2) is 10.3 Å². The zero-order valence-electron chi connectivity index (χ0n) is 8.50. The quantitative estimate of drug-likeness (QED) is 0.729. The zero-order valence-corrected chi connectivity index (χ0v) is 10.0. The summed E-state index contributed by atoms with van der Waals surface area (Å²) in [6.07, 6.45) is 0. The first-order valence-electron chi connectivity index (χ1n) is 4.41. The van der Waals surface area contributed by atoms with E-state index in [4.69, 9.17) is 28.9 Å². The molecule has 3 amide bonds. The summed E-state index contributed by atoms with van der Waals surface area (Å²) in [5.74, 6) is -0.703. The van der Waals surface area contributed by atoms with Gasteiger partial charge < -0.3 is 11.1 Å². The van der Waals surface area contributed by atoms with E-state index in [1.54, 1.807) is 6.07 Å². The summed E-state index contributed by atoms with van der Waals surface area (Å²) < 4.78 is 0. The molecule has 0 heterocycles. The monoisotopic (exact) mass is 277 g/mol. The third-order valence-corrected chi connectivity index (χ3v) is 2.12. The molecule has 92 valence electrons. The van der Waals surface area contributed by atoms with Gasteiger partial charge in [0.1, 0.15) is 0 Å². The highest BCUT2D eigenvalue weighted by atomic mass is 35.5. The average Bonchev–Trinajstić information content (AvgIpc) is 2.23. The summed E-state index contributed by atoms with van der Waals surface area (Å²) in [5.41, 5.74) is 7.08. The first-order chi connectivity index (χ1) is 7.99. The van der Waals surface area contributed by atoms with E-state index < -0.39 is 18.5 Å². The molecule has 6 nitrogen and oxygen atoms in total. The van der Waals surface area contributed by atoms with E-state index in [1.807, 2.05) is 5.48 Å². The standard InChI is InChI=1S/C9H9Cl2N3O3/c10-5-1-2-6(11)7(3-5)13-9(16)14-17-4-8(12)15/h1-3H,4H2,(H2,12,15)(H2,13,14,16). The minimum atomic E-state index is -0.703. The number of anilines is 1. The lowest BCUT2D eigenvalue weighted by Gasteiger charge is -2.08. The minimum Gasteiger partial charge on any atom is -0.368 e. The van der Waals surface area contributed by atoms with Gasteiger partial charge in [-0.2, -0.15) is 0 Å². The largest absolute Gasteiger partial charge is 0.368 e. The van der Waals surface area contributed by atoms with Gasteiger partial charge >= 0.3 is 6.03 Å². The molecule has 0 saturated carbocycles. The number of hydrogen-bond donors (Lipinski definition) is 3. The number of rotatable bonds is 4. The molecule has 0 radical (unpaired) electrons. The van der Waals surface area contributed by atoms with Crippen molar-refractivity contribution < 1.29 is 14.4 Å². The maximum absolute atomic E-state index is 11.3. The van der Waals surface area contributed by atoms with Crippen LogP contribution in [0.4, 0.5) is 10.5 Å². The van der Waals surface area contributed by atoms with Crippen LogP contribution in [0.5, 0.6) is 0 Å². The molecule has 0 fully saturated rings. The van der Waals surface area contributed by atoms with Crippen LogP contribution in [0.25, 0.3) is 0 Å². The second-order valence-electron chi connectivity index (χ2n) is 2.94. The van der Waals surface area contributed by atoms with Gasteiger partial charge in [-0.1, -0.05) is 23.2 Å². The summed E-state index contributed by atoms with van der Waals surface area (Å²) in [5, 5.41) is 3.12. The number of amides is 3. The Kier molecular flexibility index (Phi) is 5.02. The number of benzene rings is 1. The summed E-state index contributed by atoms with van der Waals surface area (Å²) in [7, 11) is 0. The fourth-order valence-corrected chi connectivity index (χ4v) is 1.25. The molecule has 0 saturated heterocycles. The number of carbonyl (C=O) groups excluding carboxylic acids is 2. The minimum absolute atomic E-state index is 0.319. The molecular formula is C9H9Cl2N3O3. The van der Waals surface area contributed by atoms with Crippen LogP contribution in [0, 0.1) is 0 Å². The first kappa shape index (κ1) is 13.6. The first-order valence-corrected chi connectivity index (χ1v) is 5.17. The van der Waals surface area contributed by atoms with Crippen LogP contribution in [-0.4, -0.2) is 18.5 Å². The van der Waals surface area contributed by atoms with E-state index in [2.05, 4.69) is 10.2 Å². The van der Waals surface area contributed by atoms with Crippen LogP contribution in [0.3, 0.4) is 0 Å². The maximum Gasteiger partial charge on any atom is 0.343 e. The highest BCUT2D eigenvalue weighted by molar-refractivity contribution is 6.35. The lowest BCUT2D eigenvalue weighted by molar-refractivity contribution is -0.124. The SMILES string of the molecule is NC(=O)CONC(=O)Nc1cc(Cl)ccc1Cl. The number of halogens is 2. The maximum atomic E-state index is 11.3. The molecule has 0 unspecified atom stereocenters. The van der Waals surface area contributed by atoms with Crippen molar-refractivity contribution in [2.24, 2.45) is 5.73 Å². The Morgan fingerprint density at radius 2 is 2.06 bits per heavy atom. The molecule has 0 aliphatic carbocycles. The van der Waals surface area contributed by atoms with Crippen LogP contribution < -0.4 is 16.5 Å². The van der Waals surface area contributed by atoms with E-state index in [0.717, 1.165) is 0 Å². The number of urea groups is 1. The van der Waals surface area contributed by atoms with Gasteiger partial charge in [0.15, 0.2) is 6.61 Å². The van der Waals surface area contributed by atoms with Gasteiger partial charge in [-0.3, -0.25) is 9.63 Å². The normalized spacial score (nSPS) is 9.76. The molecule has 1 aromatic rings. The molecule has 17 heavy (non-hydrogen) atoms. The lowest BCUT2D eigenvalue weighted by Crippen LogP contribution is -2.32. The molecule has 0 bridgehead atoms. The Morgan fingerprint density at radius 3 is 2.71 bits per heavy atom. The van der Waals surface area contributed by atoms with Gasteiger partial charge in [0.25, 0.3) is 0 Å². The third kappa shape index (κ3) is 4.90. The van der Waals surface area contributed by atoms with Gasteiger partial charge in [-0.05, 0) is 18.2 Å². The summed E-state index contributed by atoms with van der Waals surface area (Å²) in [6.45, 7) is -0.420. The molecule has 1 aromatic carbocycles. The van der Waals surface area contributed by atoms with Gasteiger partial charge in [0.05, 0.1) is 10.7 Å². The van der Waals surface area contributed by atoms with E-state index in [-0.39, 0.29) is 0 Å². The van der Waals surface area contributed by atoms with Crippen LogP contribution >= 0.6 is 23.2 Å². The second kappa shape index (κ2) is 6.29. The predicted molar refractivity (Wildman–Crippen MR) is 63.8 cm³/mol. The van der Waals surface area contributed by atoms with Gasteiger partial charge in [0, 0.05) is 5.02 Å². The summed E-state index contributed by atoms with van der Waals surface area (Å²) >= 11 is 11.5. The number of nitrogens with two attached hydrogens (primary N) is 1. The fraction of sp³-hybridized carbons (Fsp3) is 0.111. The smallest absolute Gasteiger partial charge is 0.343 e. The zero-order chi connectivity index (χ0) is 12.8. The molecule has 0 spiro atoms. The van der Waals surface area contributed by atoms with E-state index in [9.17, 15) is 9.59 Å². The van der Waals surface area contributed by atoms with Crippen LogP contribution in [-0.2, 0) is 9.63 Å². The van der Waals surface area contributed by atoms with E-state index in [0.29, 0.717) is 15.7 Å². The number of carbonyl (C=O) groups is 2. The Bertz CT molecular complexity index is 439. The molecule has 4 N–H and O–H groups in total. The Balaban J connectivity index is 2.50. The molecular weight excluding hydrogens is 269 g/mol. The predicted octanol–water partition coefficient (Wildman–Crippen LogP) is 1.53. The second-order valence-corrected chi connectivity index (χ2v) is 3.78. The van der Waals surface area contributed by atoms with Crippen molar-refractivity contribution in [3.8, 4) is 0 Å². The van der Waals surface area contributed by atoms with Crippen molar-refractivity contribution in [3.63, 3.8) is 0 Å². The number of hydroxylamine groups is 1. The van der Waals surface area contributed by atoms with E-state index in [1.165, 1.54) is 12.1 Å². The highest BCUT2D eigenvalue weighted by Crippen LogP contribution is 2.25. The van der Waals surface area contributed by atoms with Crippen LogP contribution in [0.1, 0.15) is 0 Å². The average molecular weight is 278 g/mol. The van der Waals surface area contributed by atoms with Crippen LogP contribution in [0.2, 0.25) is 10.0 Å². The Labute approximate surface area is 107 Å². The number of primary amides is 1. The Hall–Kier alpha value is -1.50. The topological polar surface area (TPSA) is 93.5 Å². The molecule has 1 rings (SSSR count). The van der Waals surface area contributed by atoms with Crippen LogP contribution in [0.15, 0.2) is 18.2 Å². The molecule has 0 aromatic heterocycles. The van der Waals surface area contributed by atoms with Crippen molar-refractivity contribution >= 4 is 40.8 Å². The summed E-state index contributed by atoms with van der Waals surface area (Å²) in [4.78, 5) is 26.1. The van der Waals surface area contributed by atoms with Gasteiger partial charge in [0.2, 0.25) is 5.91 Å². The van der Waals surface area contributed by atoms with Crippen molar-refractivity contribution in [3.05, 3.63) is 28.2 Å². The fourth-order valence-electron chi connectivity index (χ4n) is 0.914. The summed E-state index contributed by atoms with van der Waals surface area (Å²) in [6, 6.07) is 3.88. The third-order valence-electron chi connectivity index (χ3n) is 1.56. The Morgan fingerprint density at radius 1 is 1.35 bits per heavy atom.